The quantitative estimate of drug-likeness (QED) is 0.800. The smallest absolute Gasteiger partial charge is 0.0667 e. The molecule has 96 valence electrons. The van der Waals surface area contributed by atoms with E-state index in [1.807, 2.05) is 0 Å². The van der Waals surface area contributed by atoms with Gasteiger partial charge in [0.1, 0.15) is 0 Å². The van der Waals surface area contributed by atoms with Gasteiger partial charge in [-0.1, -0.05) is 32.0 Å². The highest BCUT2D eigenvalue weighted by atomic mass is 15.3. The van der Waals surface area contributed by atoms with Crippen LogP contribution in [0.3, 0.4) is 0 Å². The molecule has 1 aromatic carbocycles. The number of rotatable bonds is 4. The van der Waals surface area contributed by atoms with Gasteiger partial charge in [0, 0.05) is 5.69 Å². The second-order valence-corrected chi connectivity index (χ2v) is 4.86. The highest BCUT2D eigenvalue weighted by molar-refractivity contribution is 5.33. The van der Waals surface area contributed by atoms with Crippen molar-refractivity contribution < 1.29 is 0 Å². The van der Waals surface area contributed by atoms with Gasteiger partial charge in [-0.3, -0.25) is 4.68 Å². The summed E-state index contributed by atoms with van der Waals surface area (Å²) in [5.41, 5.74) is 6.63. The largest absolute Gasteiger partial charge is 0.265 e. The Hall–Kier alpha value is -1.57. The molecular weight excluding hydrogens is 220 g/mol. The molecule has 0 aliphatic rings. The number of hydrogen-bond donors (Lipinski definition) is 0. The van der Waals surface area contributed by atoms with Crippen LogP contribution in [0.25, 0.3) is 0 Å². The molecule has 0 spiro atoms. The molecule has 0 radical (unpaired) electrons. The maximum atomic E-state index is 4.69. The van der Waals surface area contributed by atoms with Gasteiger partial charge in [-0.25, -0.2) is 0 Å². The molecule has 0 saturated heterocycles. The Balaban J connectivity index is 2.36. The molecule has 1 aromatic heterocycles. The predicted molar refractivity (Wildman–Crippen MR) is 76.0 cm³/mol. The van der Waals surface area contributed by atoms with Crippen LogP contribution < -0.4 is 0 Å². The van der Waals surface area contributed by atoms with Gasteiger partial charge in [-0.2, -0.15) is 5.10 Å². The molecule has 0 N–H and O–H groups in total. The summed E-state index contributed by atoms with van der Waals surface area (Å²) in [6, 6.07) is 8.71. The second-order valence-electron chi connectivity index (χ2n) is 4.86. The van der Waals surface area contributed by atoms with Crippen molar-refractivity contribution in [3.05, 3.63) is 52.3 Å². The first-order chi connectivity index (χ1) is 8.65. The van der Waals surface area contributed by atoms with E-state index in [4.69, 9.17) is 5.10 Å². The minimum atomic E-state index is 0.891. The molecule has 2 aromatic rings. The summed E-state index contributed by atoms with van der Waals surface area (Å²) >= 11 is 0. The Morgan fingerprint density at radius 3 is 2.28 bits per heavy atom. The first kappa shape index (κ1) is 12.9. The zero-order chi connectivity index (χ0) is 13.1. The van der Waals surface area contributed by atoms with E-state index in [-0.39, 0.29) is 0 Å². The van der Waals surface area contributed by atoms with Crippen LogP contribution in [0.5, 0.6) is 0 Å². The summed E-state index contributed by atoms with van der Waals surface area (Å²) in [5.74, 6) is 0. The lowest BCUT2D eigenvalue weighted by Gasteiger charge is -2.11. The normalized spacial score (nSPS) is 10.9. The first-order valence-corrected chi connectivity index (χ1v) is 6.76. The molecule has 0 aliphatic heterocycles. The third kappa shape index (κ3) is 2.47. The third-order valence-corrected chi connectivity index (χ3v) is 3.59. The standard InChI is InChI=1S/C16H22N2/c1-5-14-10-15(6-2)18(17-14)11-16-12(3)8-7-9-13(16)4/h7-10H,5-6,11H2,1-4H3. The van der Waals surface area contributed by atoms with E-state index in [1.165, 1.54) is 28.1 Å². The Morgan fingerprint density at radius 2 is 1.72 bits per heavy atom. The van der Waals surface area contributed by atoms with Gasteiger partial charge >= 0.3 is 0 Å². The van der Waals surface area contributed by atoms with Crippen molar-refractivity contribution in [2.75, 3.05) is 0 Å². The van der Waals surface area contributed by atoms with E-state index in [0.717, 1.165) is 19.4 Å². The molecule has 0 unspecified atom stereocenters. The van der Waals surface area contributed by atoms with Crippen LogP contribution >= 0.6 is 0 Å². The number of benzene rings is 1. The molecule has 0 amide bonds. The Bertz CT molecular complexity index is 518. The molecule has 2 nitrogen and oxygen atoms in total. The van der Waals surface area contributed by atoms with Crippen LogP contribution in [0.2, 0.25) is 0 Å². The molecule has 0 saturated carbocycles. The van der Waals surface area contributed by atoms with E-state index in [0.29, 0.717) is 0 Å². The third-order valence-electron chi connectivity index (χ3n) is 3.59. The minimum absolute atomic E-state index is 0.891. The fourth-order valence-electron chi connectivity index (χ4n) is 2.36. The van der Waals surface area contributed by atoms with Gasteiger partial charge < -0.3 is 0 Å². The monoisotopic (exact) mass is 242 g/mol. The summed E-state index contributed by atoms with van der Waals surface area (Å²) in [5, 5.41) is 4.69. The molecule has 0 atom stereocenters. The van der Waals surface area contributed by atoms with Crippen molar-refractivity contribution in [3.63, 3.8) is 0 Å². The zero-order valence-electron chi connectivity index (χ0n) is 11.8. The highest BCUT2D eigenvalue weighted by Crippen LogP contribution is 2.16. The molecule has 2 heteroatoms. The summed E-state index contributed by atoms with van der Waals surface area (Å²) in [7, 11) is 0. The van der Waals surface area contributed by atoms with Gasteiger partial charge in [0.05, 0.1) is 12.2 Å². The van der Waals surface area contributed by atoms with Crippen LogP contribution in [0.4, 0.5) is 0 Å². The molecule has 0 aliphatic carbocycles. The predicted octanol–water partition coefficient (Wildman–Crippen LogP) is 3.67. The van der Waals surface area contributed by atoms with E-state index >= 15 is 0 Å². The summed E-state index contributed by atoms with van der Waals surface area (Å²) in [4.78, 5) is 0. The van der Waals surface area contributed by atoms with Gasteiger partial charge in [0.2, 0.25) is 0 Å². The lowest BCUT2D eigenvalue weighted by molar-refractivity contribution is 0.636. The Labute approximate surface area is 110 Å². The fourth-order valence-corrected chi connectivity index (χ4v) is 2.36. The highest BCUT2D eigenvalue weighted by Gasteiger charge is 2.08. The average molecular weight is 242 g/mol. The molecular formula is C16H22N2. The van der Waals surface area contributed by atoms with E-state index < -0.39 is 0 Å². The molecule has 2 rings (SSSR count). The summed E-state index contributed by atoms with van der Waals surface area (Å²) in [6.07, 6.45) is 2.05. The first-order valence-electron chi connectivity index (χ1n) is 6.76. The van der Waals surface area contributed by atoms with Gasteiger partial charge in [-0.15, -0.1) is 0 Å². The Morgan fingerprint density at radius 1 is 1.06 bits per heavy atom. The van der Waals surface area contributed by atoms with Crippen molar-refractivity contribution in [2.24, 2.45) is 0 Å². The SMILES string of the molecule is CCc1cc(CC)n(Cc2c(C)cccc2C)n1. The van der Waals surface area contributed by atoms with Gasteiger partial charge in [0.25, 0.3) is 0 Å². The minimum Gasteiger partial charge on any atom is -0.265 e. The van der Waals surface area contributed by atoms with E-state index in [1.54, 1.807) is 0 Å². The summed E-state index contributed by atoms with van der Waals surface area (Å²) in [6.45, 7) is 9.60. The fraction of sp³-hybridized carbons (Fsp3) is 0.438. The second kappa shape index (κ2) is 5.38. The zero-order valence-corrected chi connectivity index (χ0v) is 11.8. The van der Waals surface area contributed by atoms with Crippen molar-refractivity contribution in [3.8, 4) is 0 Å². The maximum Gasteiger partial charge on any atom is 0.0667 e. The van der Waals surface area contributed by atoms with Crippen LogP contribution in [0.15, 0.2) is 24.3 Å². The number of nitrogens with zero attached hydrogens (tertiary/aromatic N) is 2. The van der Waals surface area contributed by atoms with E-state index in [2.05, 4.69) is 56.6 Å². The molecule has 18 heavy (non-hydrogen) atoms. The van der Waals surface area contributed by atoms with E-state index in [9.17, 15) is 0 Å². The molecule has 0 fully saturated rings. The van der Waals surface area contributed by atoms with Crippen LogP contribution in [0.1, 0.15) is 41.9 Å². The summed E-state index contributed by atoms with van der Waals surface area (Å²) < 4.78 is 2.16. The van der Waals surface area contributed by atoms with Crippen molar-refractivity contribution >= 4 is 0 Å². The van der Waals surface area contributed by atoms with Crippen molar-refractivity contribution in [1.29, 1.82) is 0 Å². The van der Waals surface area contributed by atoms with Crippen LogP contribution in [-0.2, 0) is 19.4 Å². The average Bonchev–Trinajstić information content (AvgIpc) is 2.76. The number of aryl methyl sites for hydroxylation is 4. The van der Waals surface area contributed by atoms with Crippen molar-refractivity contribution in [1.82, 2.24) is 9.78 Å². The maximum absolute atomic E-state index is 4.69. The topological polar surface area (TPSA) is 17.8 Å². The lowest BCUT2D eigenvalue weighted by Crippen LogP contribution is -2.08. The number of hydrogen-bond acceptors (Lipinski definition) is 1. The van der Waals surface area contributed by atoms with Gasteiger partial charge in [0.15, 0.2) is 0 Å². The van der Waals surface area contributed by atoms with Crippen molar-refractivity contribution in [2.45, 2.75) is 47.1 Å². The van der Waals surface area contributed by atoms with Gasteiger partial charge in [-0.05, 0) is 49.4 Å². The Kier molecular flexibility index (Phi) is 3.85. The molecule has 1 heterocycles. The number of aromatic nitrogens is 2. The van der Waals surface area contributed by atoms with Crippen LogP contribution in [-0.4, -0.2) is 9.78 Å². The molecule has 0 bridgehead atoms. The lowest BCUT2D eigenvalue weighted by atomic mass is 10.0. The van der Waals surface area contributed by atoms with Crippen LogP contribution in [0, 0.1) is 13.8 Å².